The van der Waals surface area contributed by atoms with Gasteiger partial charge < -0.3 is 9.09 Å². The lowest BCUT2D eigenvalue weighted by atomic mass is 10.1. The monoisotopic (exact) mass is 332 g/mol. The summed E-state index contributed by atoms with van der Waals surface area (Å²) in [6.07, 6.45) is 7.49. The summed E-state index contributed by atoms with van der Waals surface area (Å²) in [7, 11) is 2.06. The topological polar surface area (TPSA) is 63.2 Å². The molecule has 1 aliphatic heterocycles. The van der Waals surface area contributed by atoms with Gasteiger partial charge >= 0.3 is 0 Å². The van der Waals surface area contributed by atoms with Crippen molar-refractivity contribution < 1.29 is 4.52 Å². The van der Waals surface area contributed by atoms with Crippen molar-refractivity contribution in [3.05, 3.63) is 29.9 Å². The summed E-state index contributed by atoms with van der Waals surface area (Å²) in [6, 6.07) is 0.588. The van der Waals surface area contributed by atoms with Crippen LogP contribution in [0.15, 0.2) is 17.0 Å². The van der Waals surface area contributed by atoms with Gasteiger partial charge in [-0.25, -0.2) is 4.98 Å². The van der Waals surface area contributed by atoms with Crippen LogP contribution in [0.25, 0.3) is 0 Å². The van der Waals surface area contributed by atoms with E-state index in [1.165, 1.54) is 25.0 Å². The third kappa shape index (κ3) is 4.21. The average molecular weight is 332 g/mol. The van der Waals surface area contributed by atoms with Gasteiger partial charge in [-0.3, -0.25) is 9.80 Å². The quantitative estimate of drug-likeness (QED) is 0.806. The Labute approximate surface area is 143 Å². The zero-order chi connectivity index (χ0) is 16.9. The molecule has 132 valence electrons. The van der Waals surface area contributed by atoms with Gasteiger partial charge in [0.05, 0.1) is 18.6 Å². The Morgan fingerprint density at radius 3 is 2.88 bits per heavy atom. The molecule has 0 aliphatic carbocycles. The number of imidazole rings is 1. The van der Waals surface area contributed by atoms with Crippen molar-refractivity contribution in [2.75, 3.05) is 19.6 Å². The fourth-order valence-electron chi connectivity index (χ4n) is 3.51. The van der Waals surface area contributed by atoms with E-state index in [0.717, 1.165) is 38.5 Å². The first kappa shape index (κ1) is 17.1. The Kier molecular flexibility index (Phi) is 5.63. The molecule has 3 heterocycles. The van der Waals surface area contributed by atoms with Crippen LogP contribution in [0.3, 0.4) is 0 Å². The Hall–Kier alpha value is -1.73. The van der Waals surface area contributed by atoms with Crippen LogP contribution in [0.2, 0.25) is 0 Å². The second kappa shape index (κ2) is 7.90. The average Bonchev–Trinajstić information content (AvgIpc) is 3.08. The van der Waals surface area contributed by atoms with E-state index in [9.17, 15) is 0 Å². The van der Waals surface area contributed by atoms with Crippen LogP contribution in [0, 0.1) is 6.92 Å². The minimum atomic E-state index is 0.588. The predicted molar refractivity (Wildman–Crippen MR) is 91.2 cm³/mol. The molecule has 3 rings (SSSR count). The fourth-order valence-corrected chi connectivity index (χ4v) is 3.51. The van der Waals surface area contributed by atoms with E-state index in [-0.39, 0.29) is 0 Å². The van der Waals surface area contributed by atoms with Crippen molar-refractivity contribution in [1.29, 1.82) is 0 Å². The summed E-state index contributed by atoms with van der Waals surface area (Å²) in [4.78, 5) is 13.6. The molecule has 1 aliphatic rings. The van der Waals surface area contributed by atoms with E-state index in [4.69, 9.17) is 4.52 Å². The maximum atomic E-state index is 5.10. The zero-order valence-electron chi connectivity index (χ0n) is 15.0. The first-order valence-corrected chi connectivity index (χ1v) is 8.86. The van der Waals surface area contributed by atoms with Crippen LogP contribution in [0.5, 0.6) is 0 Å². The van der Waals surface area contributed by atoms with E-state index < -0.39 is 0 Å². The van der Waals surface area contributed by atoms with Crippen LogP contribution in [0.1, 0.15) is 43.6 Å². The smallest absolute Gasteiger partial charge is 0.223 e. The summed E-state index contributed by atoms with van der Waals surface area (Å²) < 4.78 is 7.22. The standard InChI is InChI=1S/C17H28N6O/c1-4-23(12-17-19-14(2)24-20-17)15-6-5-8-22(9-7-15)11-16-10-18-13-21(16)3/h10,13,15H,4-9,11-12H2,1-3H3. The summed E-state index contributed by atoms with van der Waals surface area (Å²) in [5.74, 6) is 1.44. The minimum Gasteiger partial charge on any atom is -0.340 e. The van der Waals surface area contributed by atoms with Gasteiger partial charge in [0.25, 0.3) is 0 Å². The lowest BCUT2D eigenvalue weighted by molar-refractivity contribution is 0.170. The molecular formula is C17H28N6O. The molecule has 1 atom stereocenters. The molecule has 7 heteroatoms. The maximum absolute atomic E-state index is 5.10. The van der Waals surface area contributed by atoms with Crippen LogP contribution < -0.4 is 0 Å². The van der Waals surface area contributed by atoms with Crippen LogP contribution >= 0.6 is 0 Å². The zero-order valence-corrected chi connectivity index (χ0v) is 15.0. The molecule has 0 aromatic carbocycles. The number of rotatable bonds is 6. The van der Waals surface area contributed by atoms with Gasteiger partial charge in [-0.1, -0.05) is 12.1 Å². The molecule has 0 saturated carbocycles. The summed E-state index contributed by atoms with van der Waals surface area (Å²) in [5, 5.41) is 4.05. The van der Waals surface area contributed by atoms with Gasteiger partial charge in [-0.2, -0.15) is 4.98 Å². The second-order valence-corrected chi connectivity index (χ2v) is 6.65. The number of aryl methyl sites for hydroxylation is 2. The van der Waals surface area contributed by atoms with Crippen molar-refractivity contribution in [3.63, 3.8) is 0 Å². The van der Waals surface area contributed by atoms with E-state index in [1.807, 2.05) is 19.4 Å². The summed E-state index contributed by atoms with van der Waals surface area (Å²) >= 11 is 0. The lowest BCUT2D eigenvalue weighted by Gasteiger charge is -2.29. The fraction of sp³-hybridized carbons (Fsp3) is 0.706. The largest absolute Gasteiger partial charge is 0.340 e. The molecule has 2 aromatic heterocycles. The molecule has 1 saturated heterocycles. The Morgan fingerprint density at radius 2 is 2.21 bits per heavy atom. The van der Waals surface area contributed by atoms with Crippen molar-refractivity contribution in [3.8, 4) is 0 Å². The highest BCUT2D eigenvalue weighted by Crippen LogP contribution is 2.19. The maximum Gasteiger partial charge on any atom is 0.223 e. The normalized spacial score (nSPS) is 19.8. The van der Waals surface area contributed by atoms with Crippen molar-refractivity contribution >= 4 is 0 Å². The van der Waals surface area contributed by atoms with E-state index in [1.54, 1.807) is 0 Å². The molecule has 0 radical (unpaired) electrons. The van der Waals surface area contributed by atoms with E-state index in [2.05, 4.69) is 43.5 Å². The molecule has 7 nitrogen and oxygen atoms in total. The number of likely N-dealkylation sites (tertiary alicyclic amines) is 1. The first-order chi connectivity index (χ1) is 11.7. The molecular weight excluding hydrogens is 304 g/mol. The molecule has 2 aromatic rings. The molecule has 1 unspecified atom stereocenters. The van der Waals surface area contributed by atoms with Gasteiger partial charge in [0.1, 0.15) is 0 Å². The molecule has 0 amide bonds. The molecule has 0 bridgehead atoms. The van der Waals surface area contributed by atoms with E-state index in [0.29, 0.717) is 11.9 Å². The number of nitrogens with zero attached hydrogens (tertiary/aromatic N) is 6. The second-order valence-electron chi connectivity index (χ2n) is 6.65. The highest BCUT2D eigenvalue weighted by molar-refractivity contribution is 4.97. The van der Waals surface area contributed by atoms with Crippen LogP contribution in [-0.2, 0) is 20.1 Å². The Balaban J connectivity index is 1.56. The summed E-state index contributed by atoms with van der Waals surface area (Å²) in [6.45, 7) is 9.11. The van der Waals surface area contributed by atoms with Crippen molar-refractivity contribution in [2.24, 2.45) is 7.05 Å². The highest BCUT2D eigenvalue weighted by atomic mass is 16.5. The first-order valence-electron chi connectivity index (χ1n) is 8.86. The number of hydrogen-bond acceptors (Lipinski definition) is 6. The third-order valence-corrected chi connectivity index (χ3v) is 4.93. The van der Waals surface area contributed by atoms with E-state index >= 15 is 0 Å². The summed E-state index contributed by atoms with van der Waals surface area (Å²) in [5.41, 5.74) is 1.28. The molecule has 0 N–H and O–H groups in total. The van der Waals surface area contributed by atoms with Gasteiger partial charge in [-0.05, 0) is 32.4 Å². The van der Waals surface area contributed by atoms with Crippen molar-refractivity contribution in [2.45, 2.75) is 52.2 Å². The lowest BCUT2D eigenvalue weighted by Crippen LogP contribution is -2.36. The third-order valence-electron chi connectivity index (χ3n) is 4.93. The van der Waals surface area contributed by atoms with Gasteiger partial charge in [0.15, 0.2) is 5.82 Å². The molecule has 0 spiro atoms. The predicted octanol–water partition coefficient (Wildman–Crippen LogP) is 1.99. The SMILES string of the molecule is CCN(Cc1noc(C)n1)C1CCCN(Cc2cncn2C)CC1. The van der Waals surface area contributed by atoms with Gasteiger partial charge in [0.2, 0.25) is 5.89 Å². The van der Waals surface area contributed by atoms with Gasteiger partial charge in [0, 0.05) is 39.3 Å². The Morgan fingerprint density at radius 1 is 1.33 bits per heavy atom. The van der Waals surface area contributed by atoms with Crippen LogP contribution in [0.4, 0.5) is 0 Å². The number of hydrogen-bond donors (Lipinski definition) is 0. The Bertz CT molecular complexity index is 637. The van der Waals surface area contributed by atoms with Crippen LogP contribution in [-0.4, -0.2) is 55.2 Å². The van der Waals surface area contributed by atoms with Gasteiger partial charge in [-0.15, -0.1) is 0 Å². The highest BCUT2D eigenvalue weighted by Gasteiger charge is 2.23. The number of aromatic nitrogens is 4. The molecule has 1 fully saturated rings. The van der Waals surface area contributed by atoms with Crippen molar-refractivity contribution in [1.82, 2.24) is 29.5 Å². The minimum absolute atomic E-state index is 0.588. The molecule has 24 heavy (non-hydrogen) atoms.